The van der Waals surface area contributed by atoms with E-state index in [1.54, 1.807) is 24.3 Å². The van der Waals surface area contributed by atoms with E-state index in [-0.39, 0.29) is 18.1 Å². The molecule has 1 amide bonds. The maximum Gasteiger partial charge on any atom is 0.351 e. The summed E-state index contributed by atoms with van der Waals surface area (Å²) in [5.41, 5.74) is 0. The molecule has 1 aromatic carbocycles. The number of esters is 1. The maximum atomic E-state index is 12.2. The fourth-order valence-corrected chi connectivity index (χ4v) is 4.34. The smallest absolute Gasteiger partial charge is 0.351 e. The van der Waals surface area contributed by atoms with Gasteiger partial charge in [-0.05, 0) is 25.5 Å². The first-order chi connectivity index (χ1) is 11.8. The first-order valence-corrected chi connectivity index (χ1v) is 9.76. The zero-order valence-corrected chi connectivity index (χ0v) is 14.5. The summed E-state index contributed by atoms with van der Waals surface area (Å²) in [7, 11) is -3.09. The summed E-state index contributed by atoms with van der Waals surface area (Å²) in [6.45, 7) is 1.42. The fraction of sp³-hybridized carbons (Fsp3) is 0.500. The van der Waals surface area contributed by atoms with Gasteiger partial charge in [-0.1, -0.05) is 12.1 Å². The fourth-order valence-electron chi connectivity index (χ4n) is 2.67. The van der Waals surface area contributed by atoms with E-state index < -0.39 is 40.0 Å². The van der Waals surface area contributed by atoms with Gasteiger partial charge in [0.15, 0.2) is 27.4 Å². The number of carbonyl (C=O) groups excluding carboxylic acids is 2. The number of para-hydroxylation sites is 2. The molecule has 1 fully saturated rings. The molecule has 0 unspecified atom stereocenters. The summed E-state index contributed by atoms with van der Waals surface area (Å²) in [4.78, 5) is 24.2. The van der Waals surface area contributed by atoms with E-state index in [9.17, 15) is 18.0 Å². The van der Waals surface area contributed by atoms with Gasteiger partial charge in [0.05, 0.1) is 11.5 Å². The Balaban J connectivity index is 1.52. The third-order valence-electron chi connectivity index (χ3n) is 4.01. The number of carbonyl (C=O) groups is 2. The second-order valence-electron chi connectivity index (χ2n) is 6.05. The minimum Gasteiger partial charge on any atom is -0.485 e. The van der Waals surface area contributed by atoms with Crippen molar-refractivity contribution in [2.45, 2.75) is 31.6 Å². The third-order valence-corrected chi connectivity index (χ3v) is 5.78. The number of hydrogen-bond donors (Lipinski definition) is 1. The van der Waals surface area contributed by atoms with Gasteiger partial charge in [0.1, 0.15) is 6.61 Å². The predicted molar refractivity (Wildman–Crippen MR) is 87.1 cm³/mol. The van der Waals surface area contributed by atoms with Crippen LogP contribution in [0.4, 0.5) is 0 Å². The van der Waals surface area contributed by atoms with Crippen LogP contribution in [-0.4, -0.2) is 56.7 Å². The molecule has 0 aromatic heterocycles. The summed E-state index contributed by atoms with van der Waals surface area (Å²) in [5.74, 6) is -0.304. The number of amides is 1. The highest BCUT2D eigenvalue weighted by molar-refractivity contribution is 7.91. The zero-order chi connectivity index (χ0) is 18.0. The molecule has 8 nitrogen and oxygen atoms in total. The van der Waals surface area contributed by atoms with Gasteiger partial charge in [0, 0.05) is 6.04 Å². The number of nitrogens with one attached hydrogen (secondary N) is 1. The van der Waals surface area contributed by atoms with Crippen LogP contribution in [0.25, 0.3) is 0 Å². The van der Waals surface area contributed by atoms with Crippen molar-refractivity contribution >= 4 is 21.7 Å². The van der Waals surface area contributed by atoms with Gasteiger partial charge in [-0.25, -0.2) is 13.2 Å². The number of sulfone groups is 1. The molecule has 136 valence electrons. The van der Waals surface area contributed by atoms with E-state index in [0.29, 0.717) is 17.9 Å². The largest absolute Gasteiger partial charge is 0.485 e. The van der Waals surface area contributed by atoms with Gasteiger partial charge in [-0.2, -0.15) is 0 Å². The highest BCUT2D eigenvalue weighted by Gasteiger charge is 2.33. The molecule has 1 aromatic rings. The normalized spacial score (nSPS) is 25.0. The number of fused-ring (bicyclic) bond motifs is 1. The summed E-state index contributed by atoms with van der Waals surface area (Å²) in [5, 5.41) is 2.59. The first kappa shape index (κ1) is 17.5. The average molecular weight is 369 g/mol. The molecule has 3 atom stereocenters. The van der Waals surface area contributed by atoms with Gasteiger partial charge < -0.3 is 19.5 Å². The third kappa shape index (κ3) is 4.22. The van der Waals surface area contributed by atoms with E-state index >= 15 is 0 Å². The molecule has 0 aliphatic carbocycles. The molecule has 2 heterocycles. The van der Waals surface area contributed by atoms with Crippen LogP contribution < -0.4 is 14.8 Å². The van der Waals surface area contributed by atoms with E-state index in [2.05, 4.69) is 5.32 Å². The second kappa shape index (κ2) is 6.91. The van der Waals surface area contributed by atoms with E-state index in [0.717, 1.165) is 0 Å². The first-order valence-electron chi connectivity index (χ1n) is 7.94. The molecule has 9 heteroatoms. The average Bonchev–Trinajstić information content (AvgIpc) is 2.92. The zero-order valence-electron chi connectivity index (χ0n) is 13.6. The van der Waals surface area contributed by atoms with Gasteiger partial charge >= 0.3 is 5.97 Å². The highest BCUT2D eigenvalue weighted by Crippen LogP contribution is 2.31. The van der Waals surface area contributed by atoms with Crippen molar-refractivity contribution in [3.05, 3.63) is 24.3 Å². The van der Waals surface area contributed by atoms with Crippen LogP contribution in [0.1, 0.15) is 13.3 Å². The lowest BCUT2D eigenvalue weighted by Gasteiger charge is -2.26. The van der Waals surface area contributed by atoms with Crippen LogP contribution >= 0.6 is 0 Å². The van der Waals surface area contributed by atoms with Crippen LogP contribution in [0.3, 0.4) is 0 Å². The Hall–Kier alpha value is -2.29. The molecular formula is C16H19NO7S. The van der Waals surface area contributed by atoms with Crippen LogP contribution in [0.5, 0.6) is 11.5 Å². The Morgan fingerprint density at radius 3 is 2.68 bits per heavy atom. The number of benzene rings is 1. The number of ether oxygens (including phenoxy) is 3. The molecule has 0 spiro atoms. The van der Waals surface area contributed by atoms with Crippen molar-refractivity contribution in [3.8, 4) is 11.5 Å². The number of hydrogen-bond acceptors (Lipinski definition) is 7. The second-order valence-corrected chi connectivity index (χ2v) is 8.28. The molecule has 1 N–H and O–H groups in total. The maximum absolute atomic E-state index is 12.2. The lowest BCUT2D eigenvalue weighted by Crippen LogP contribution is -2.45. The predicted octanol–water partition coefficient (Wildman–Crippen LogP) is 0.0614. The minimum atomic E-state index is -3.09. The topological polar surface area (TPSA) is 108 Å². The van der Waals surface area contributed by atoms with Crippen LogP contribution in [0.2, 0.25) is 0 Å². The molecule has 0 radical (unpaired) electrons. The molecular weight excluding hydrogens is 350 g/mol. The van der Waals surface area contributed by atoms with Crippen LogP contribution in [-0.2, 0) is 24.2 Å². The van der Waals surface area contributed by atoms with Crippen molar-refractivity contribution in [2.75, 3.05) is 18.1 Å². The quantitative estimate of drug-likeness (QED) is 0.748. The Kier molecular flexibility index (Phi) is 4.85. The van der Waals surface area contributed by atoms with Crippen LogP contribution in [0.15, 0.2) is 24.3 Å². The molecule has 25 heavy (non-hydrogen) atoms. The molecule has 3 rings (SSSR count). The molecule has 1 saturated heterocycles. The Morgan fingerprint density at radius 1 is 1.28 bits per heavy atom. The van der Waals surface area contributed by atoms with Crippen LogP contribution in [0, 0.1) is 0 Å². The molecule has 2 aliphatic rings. The minimum absolute atomic E-state index is 0.00887. The van der Waals surface area contributed by atoms with Gasteiger partial charge in [-0.3, -0.25) is 4.79 Å². The van der Waals surface area contributed by atoms with Crippen molar-refractivity contribution in [3.63, 3.8) is 0 Å². The standard InChI is InChI=1S/C16H19NO7S/c1-10(15(18)17-11-6-7-25(20,21)9-11)23-16(19)14-8-22-12-4-2-3-5-13(12)24-14/h2-5,10-11,14H,6-9H2,1H3,(H,17,18)/t10-,11-,14-/m0/s1. The van der Waals surface area contributed by atoms with Crippen molar-refractivity contribution < 1.29 is 32.2 Å². The van der Waals surface area contributed by atoms with Crippen molar-refractivity contribution in [1.82, 2.24) is 5.32 Å². The van der Waals surface area contributed by atoms with Gasteiger partial charge in [-0.15, -0.1) is 0 Å². The Labute approximate surface area is 145 Å². The Bertz CT molecular complexity index is 776. The summed E-state index contributed by atoms with van der Waals surface area (Å²) in [6, 6.07) is 6.49. The summed E-state index contributed by atoms with van der Waals surface area (Å²) in [6.07, 6.45) is -1.65. The highest BCUT2D eigenvalue weighted by atomic mass is 32.2. The molecule has 2 aliphatic heterocycles. The van der Waals surface area contributed by atoms with E-state index in [1.807, 2.05) is 0 Å². The van der Waals surface area contributed by atoms with Crippen molar-refractivity contribution in [1.29, 1.82) is 0 Å². The summed E-state index contributed by atoms with van der Waals surface area (Å²) < 4.78 is 38.9. The lowest BCUT2D eigenvalue weighted by atomic mass is 10.2. The Morgan fingerprint density at radius 2 is 2.00 bits per heavy atom. The number of rotatable bonds is 4. The monoisotopic (exact) mass is 369 g/mol. The van der Waals surface area contributed by atoms with Crippen molar-refractivity contribution in [2.24, 2.45) is 0 Å². The SMILES string of the molecule is C[C@H](OC(=O)[C@@H]1COc2ccccc2O1)C(=O)N[C@H]1CCS(=O)(=O)C1. The van der Waals surface area contributed by atoms with E-state index in [1.165, 1.54) is 6.92 Å². The summed E-state index contributed by atoms with van der Waals surface area (Å²) >= 11 is 0. The molecule has 0 saturated carbocycles. The van der Waals surface area contributed by atoms with Gasteiger partial charge in [0.25, 0.3) is 5.91 Å². The van der Waals surface area contributed by atoms with E-state index in [4.69, 9.17) is 14.2 Å². The lowest BCUT2D eigenvalue weighted by molar-refractivity contribution is -0.163. The molecule has 0 bridgehead atoms. The van der Waals surface area contributed by atoms with Gasteiger partial charge in [0.2, 0.25) is 6.10 Å².